The molecule has 0 aliphatic carbocycles. The van der Waals surface area contributed by atoms with Gasteiger partial charge in [0, 0.05) is 25.8 Å². The average molecular weight is 442 g/mol. The first-order chi connectivity index (χ1) is 15.5. The molecule has 2 aromatic rings. The predicted octanol–water partition coefficient (Wildman–Crippen LogP) is 3.77. The van der Waals surface area contributed by atoms with Gasteiger partial charge < -0.3 is 23.8 Å². The van der Waals surface area contributed by atoms with E-state index in [9.17, 15) is 9.59 Å². The van der Waals surface area contributed by atoms with E-state index < -0.39 is 17.9 Å². The summed E-state index contributed by atoms with van der Waals surface area (Å²) in [5, 5.41) is 0. The van der Waals surface area contributed by atoms with E-state index >= 15 is 0 Å². The van der Waals surface area contributed by atoms with E-state index in [4.69, 9.17) is 18.9 Å². The van der Waals surface area contributed by atoms with Crippen LogP contribution in [0.4, 0.5) is 0 Å². The van der Waals surface area contributed by atoms with Crippen molar-refractivity contribution in [1.82, 2.24) is 4.90 Å². The number of carbonyl (C=O) groups excluding carboxylic acids is 2. The fraction of sp³-hybridized carbons (Fsp3) is 0.440. The number of ketones is 1. The molecule has 0 spiro atoms. The summed E-state index contributed by atoms with van der Waals surface area (Å²) in [6.45, 7) is 2.98. The van der Waals surface area contributed by atoms with Crippen LogP contribution in [0.15, 0.2) is 42.5 Å². The van der Waals surface area contributed by atoms with Gasteiger partial charge in [-0.3, -0.25) is 9.59 Å². The van der Waals surface area contributed by atoms with E-state index in [1.807, 2.05) is 25.1 Å². The Kier molecular flexibility index (Phi) is 7.75. The maximum atomic E-state index is 13.5. The monoisotopic (exact) mass is 441 g/mol. The molecule has 3 rings (SSSR count). The molecule has 1 amide bonds. The van der Waals surface area contributed by atoms with Gasteiger partial charge in [0.2, 0.25) is 11.7 Å². The number of rotatable bonds is 10. The Labute approximate surface area is 189 Å². The first-order valence-corrected chi connectivity index (χ1v) is 10.7. The van der Waals surface area contributed by atoms with Crippen LogP contribution < -0.4 is 14.2 Å². The van der Waals surface area contributed by atoms with Crippen LogP contribution in [-0.2, 0) is 9.53 Å². The number of hydrogen-bond donors (Lipinski definition) is 0. The SMILES string of the molecule is CCCN1C[C@@H](C(=O)c2ccccc2)[C@H](C(OC)c2cc(OC)c(OC)c(OC)c2)C1=O. The summed E-state index contributed by atoms with van der Waals surface area (Å²) in [5.74, 6) is 0.0496. The summed E-state index contributed by atoms with van der Waals surface area (Å²) < 4.78 is 22.2. The molecular weight excluding hydrogens is 410 g/mol. The zero-order chi connectivity index (χ0) is 23.3. The van der Waals surface area contributed by atoms with Gasteiger partial charge in [0.15, 0.2) is 17.3 Å². The maximum Gasteiger partial charge on any atom is 0.229 e. The van der Waals surface area contributed by atoms with Gasteiger partial charge in [-0.25, -0.2) is 0 Å². The highest BCUT2D eigenvalue weighted by Crippen LogP contribution is 2.45. The second-order valence-corrected chi connectivity index (χ2v) is 7.76. The summed E-state index contributed by atoms with van der Waals surface area (Å²) in [6, 6.07) is 12.6. The topological polar surface area (TPSA) is 74.3 Å². The van der Waals surface area contributed by atoms with Crippen molar-refractivity contribution in [3.05, 3.63) is 53.6 Å². The molecular formula is C25H31NO6. The van der Waals surface area contributed by atoms with Gasteiger partial charge in [-0.05, 0) is 24.1 Å². The van der Waals surface area contributed by atoms with Crippen LogP contribution in [-0.4, -0.2) is 58.1 Å². The molecule has 172 valence electrons. The quantitative estimate of drug-likeness (QED) is 0.523. The highest BCUT2D eigenvalue weighted by Gasteiger charge is 2.48. The van der Waals surface area contributed by atoms with E-state index in [2.05, 4.69) is 0 Å². The molecule has 3 atom stereocenters. The molecule has 0 N–H and O–H groups in total. The Morgan fingerprint density at radius 2 is 1.66 bits per heavy atom. The lowest BCUT2D eigenvalue weighted by molar-refractivity contribution is -0.135. The van der Waals surface area contributed by atoms with Gasteiger partial charge >= 0.3 is 0 Å². The minimum absolute atomic E-state index is 0.0583. The van der Waals surface area contributed by atoms with Crippen molar-refractivity contribution in [3.63, 3.8) is 0 Å². The molecule has 0 aromatic heterocycles. The van der Waals surface area contributed by atoms with Crippen molar-refractivity contribution in [2.45, 2.75) is 19.4 Å². The minimum atomic E-state index is -0.665. The fourth-order valence-corrected chi connectivity index (χ4v) is 4.45. The average Bonchev–Trinajstić information content (AvgIpc) is 3.15. The van der Waals surface area contributed by atoms with Crippen LogP contribution in [0.1, 0.15) is 35.4 Å². The molecule has 1 aliphatic heterocycles. The highest BCUT2D eigenvalue weighted by atomic mass is 16.5. The van der Waals surface area contributed by atoms with Crippen molar-refractivity contribution < 1.29 is 28.5 Å². The zero-order valence-electron chi connectivity index (χ0n) is 19.3. The molecule has 1 unspecified atom stereocenters. The summed E-state index contributed by atoms with van der Waals surface area (Å²) in [5.41, 5.74) is 1.28. The molecule has 7 nitrogen and oxygen atoms in total. The van der Waals surface area contributed by atoms with Crippen molar-refractivity contribution in [3.8, 4) is 17.2 Å². The second-order valence-electron chi connectivity index (χ2n) is 7.76. The van der Waals surface area contributed by atoms with Crippen molar-refractivity contribution in [2.24, 2.45) is 11.8 Å². The molecule has 32 heavy (non-hydrogen) atoms. The molecule has 1 saturated heterocycles. The summed E-state index contributed by atoms with van der Waals surface area (Å²) in [7, 11) is 6.15. The van der Waals surface area contributed by atoms with Gasteiger partial charge in [0.25, 0.3) is 0 Å². The van der Waals surface area contributed by atoms with Crippen LogP contribution in [0.3, 0.4) is 0 Å². The number of Topliss-reactive ketones (excluding diaryl/α,β-unsaturated/α-hetero) is 1. The lowest BCUT2D eigenvalue weighted by Crippen LogP contribution is -2.32. The third kappa shape index (κ3) is 4.43. The fourth-order valence-electron chi connectivity index (χ4n) is 4.45. The first-order valence-electron chi connectivity index (χ1n) is 10.7. The molecule has 0 radical (unpaired) electrons. The second kappa shape index (κ2) is 10.5. The molecule has 7 heteroatoms. The van der Waals surface area contributed by atoms with Crippen LogP contribution in [0.5, 0.6) is 17.2 Å². The number of ether oxygens (including phenoxy) is 4. The molecule has 0 saturated carbocycles. The largest absolute Gasteiger partial charge is 0.493 e. The first kappa shape index (κ1) is 23.6. The molecule has 0 bridgehead atoms. The molecule has 1 fully saturated rings. The Hall–Kier alpha value is -3.06. The summed E-state index contributed by atoms with van der Waals surface area (Å²) in [4.78, 5) is 28.7. The van der Waals surface area contributed by atoms with Gasteiger partial charge in [-0.2, -0.15) is 0 Å². The molecule has 1 heterocycles. The number of hydrogen-bond acceptors (Lipinski definition) is 6. The smallest absolute Gasteiger partial charge is 0.229 e. The van der Waals surface area contributed by atoms with Crippen LogP contribution >= 0.6 is 0 Å². The minimum Gasteiger partial charge on any atom is -0.493 e. The van der Waals surface area contributed by atoms with Gasteiger partial charge in [-0.1, -0.05) is 37.3 Å². The van der Waals surface area contributed by atoms with E-state index in [0.29, 0.717) is 41.5 Å². The Bertz CT molecular complexity index is 920. The predicted molar refractivity (Wildman–Crippen MR) is 120 cm³/mol. The number of likely N-dealkylation sites (tertiary alicyclic amines) is 1. The highest BCUT2D eigenvalue weighted by molar-refractivity contribution is 6.02. The van der Waals surface area contributed by atoms with E-state index in [1.165, 1.54) is 21.3 Å². The lowest BCUT2D eigenvalue weighted by atomic mass is 9.82. The number of amides is 1. The Balaban J connectivity index is 2.07. The lowest BCUT2D eigenvalue weighted by Gasteiger charge is -2.26. The van der Waals surface area contributed by atoms with Crippen LogP contribution in [0.2, 0.25) is 0 Å². The normalized spacial score (nSPS) is 19.0. The molecule has 1 aliphatic rings. The van der Waals surface area contributed by atoms with Crippen molar-refractivity contribution in [2.75, 3.05) is 41.5 Å². The van der Waals surface area contributed by atoms with E-state index in [0.717, 1.165) is 6.42 Å². The van der Waals surface area contributed by atoms with Crippen molar-refractivity contribution >= 4 is 11.7 Å². The Morgan fingerprint density at radius 3 is 2.16 bits per heavy atom. The van der Waals surface area contributed by atoms with Crippen LogP contribution in [0.25, 0.3) is 0 Å². The molecule has 2 aromatic carbocycles. The number of benzene rings is 2. The maximum absolute atomic E-state index is 13.5. The number of nitrogens with zero attached hydrogens (tertiary/aromatic N) is 1. The number of methoxy groups -OCH3 is 4. The number of carbonyl (C=O) groups is 2. The van der Waals surface area contributed by atoms with Crippen LogP contribution in [0, 0.1) is 11.8 Å². The van der Waals surface area contributed by atoms with Crippen molar-refractivity contribution in [1.29, 1.82) is 0 Å². The van der Waals surface area contributed by atoms with Gasteiger partial charge in [0.1, 0.15) is 0 Å². The van der Waals surface area contributed by atoms with E-state index in [-0.39, 0.29) is 11.7 Å². The van der Waals surface area contributed by atoms with Gasteiger partial charge in [0.05, 0.1) is 39.3 Å². The standard InChI is InChI=1S/C25H31NO6/c1-6-12-26-15-18(22(27)16-10-8-7-9-11-16)21(25(26)28)23(31-4)17-13-19(29-2)24(32-5)20(14-17)30-3/h7-11,13-14,18,21,23H,6,12,15H2,1-5H3/t18-,21-,23?/m1/s1. The van der Waals surface area contributed by atoms with E-state index in [1.54, 1.807) is 36.3 Å². The third-order valence-electron chi connectivity index (χ3n) is 5.93. The zero-order valence-corrected chi connectivity index (χ0v) is 19.3. The summed E-state index contributed by atoms with van der Waals surface area (Å²) >= 11 is 0. The van der Waals surface area contributed by atoms with Gasteiger partial charge in [-0.15, -0.1) is 0 Å². The Morgan fingerprint density at radius 1 is 1.03 bits per heavy atom. The summed E-state index contributed by atoms with van der Waals surface area (Å²) in [6.07, 6.45) is 0.155. The third-order valence-corrected chi connectivity index (χ3v) is 5.93.